The molecule has 4 rings (SSSR count). The van der Waals surface area contributed by atoms with Crippen LogP contribution in [0.5, 0.6) is 5.75 Å². The van der Waals surface area contributed by atoms with Crippen molar-refractivity contribution >= 4 is 29.3 Å². The van der Waals surface area contributed by atoms with Crippen LogP contribution in [-0.2, 0) is 16.1 Å². The summed E-state index contributed by atoms with van der Waals surface area (Å²) in [6.07, 6.45) is 6.47. The van der Waals surface area contributed by atoms with Gasteiger partial charge in [-0.25, -0.2) is 14.4 Å². The number of aromatic nitrogens is 2. The van der Waals surface area contributed by atoms with Gasteiger partial charge in [0.1, 0.15) is 17.6 Å². The first-order chi connectivity index (χ1) is 18.8. The number of carbonyl (C=O) groups is 2. The van der Waals surface area contributed by atoms with Gasteiger partial charge in [0.2, 0.25) is 11.8 Å². The molecule has 1 aliphatic carbocycles. The summed E-state index contributed by atoms with van der Waals surface area (Å²) in [4.78, 5) is 38.2. The highest BCUT2D eigenvalue weighted by atomic mass is 32.2. The van der Waals surface area contributed by atoms with Crippen molar-refractivity contribution in [2.45, 2.75) is 50.9 Å². The number of allylic oxidation sites excluding steroid dienone is 2. The van der Waals surface area contributed by atoms with E-state index in [-0.39, 0.29) is 35.8 Å². The number of rotatable bonds is 10. The molecular formula is C30H33FN4O3S. The summed E-state index contributed by atoms with van der Waals surface area (Å²) in [5.74, 6) is -0.148. The smallest absolute Gasteiger partial charge is 0.247 e. The Hall–Kier alpha value is -3.72. The van der Waals surface area contributed by atoms with Gasteiger partial charge in [-0.2, -0.15) is 0 Å². The maximum atomic E-state index is 13.9. The van der Waals surface area contributed by atoms with Crippen LogP contribution >= 0.6 is 11.8 Å². The fraction of sp³-hybridized carbons (Fsp3) is 0.333. The molecule has 9 heteroatoms. The molecule has 0 unspecified atom stereocenters. The number of halogens is 1. The maximum absolute atomic E-state index is 13.9. The lowest BCUT2D eigenvalue weighted by molar-refractivity contribution is -0.139. The molecule has 2 amide bonds. The predicted molar refractivity (Wildman–Crippen MR) is 151 cm³/mol. The summed E-state index contributed by atoms with van der Waals surface area (Å²) in [5, 5.41) is 3.52. The standard InChI is InChI=1S/C30H33FN4O3S/c1-20-17-21(2)33-30(32-20)39-19-27(36)35(18-22-9-11-24(31)12-10-22)28(23-7-5-4-6-8-23)29(37)34-25-13-15-26(38-3)16-14-25/h4-5,9-17,23,28H,6-8,18-19H2,1-3H3,(H,34,37)/t23-,28+/m1/s1. The van der Waals surface area contributed by atoms with Crippen molar-refractivity contribution in [3.05, 3.63) is 89.5 Å². The zero-order valence-electron chi connectivity index (χ0n) is 22.4. The average Bonchev–Trinajstić information content (AvgIpc) is 2.93. The molecule has 0 saturated carbocycles. The van der Waals surface area contributed by atoms with Gasteiger partial charge < -0.3 is 15.0 Å². The fourth-order valence-electron chi connectivity index (χ4n) is 4.70. The van der Waals surface area contributed by atoms with E-state index in [2.05, 4.69) is 27.4 Å². The minimum absolute atomic E-state index is 0.0684. The van der Waals surface area contributed by atoms with Gasteiger partial charge in [0.05, 0.1) is 12.9 Å². The Morgan fingerprint density at radius 3 is 2.38 bits per heavy atom. The van der Waals surface area contributed by atoms with Crippen molar-refractivity contribution in [2.24, 2.45) is 5.92 Å². The number of hydrogen-bond acceptors (Lipinski definition) is 6. The third-order valence-electron chi connectivity index (χ3n) is 6.59. The van der Waals surface area contributed by atoms with E-state index in [1.807, 2.05) is 19.9 Å². The number of ether oxygens (including phenoxy) is 1. The second kappa shape index (κ2) is 13.4. The van der Waals surface area contributed by atoms with Crippen LogP contribution in [0.15, 0.2) is 71.9 Å². The van der Waals surface area contributed by atoms with E-state index in [0.29, 0.717) is 23.0 Å². The summed E-state index contributed by atoms with van der Waals surface area (Å²) in [5.41, 5.74) is 3.01. The number of nitrogens with zero attached hydrogens (tertiary/aromatic N) is 3. The summed E-state index contributed by atoms with van der Waals surface area (Å²) >= 11 is 1.25. The highest BCUT2D eigenvalue weighted by Gasteiger charge is 2.36. The number of aryl methyl sites for hydroxylation is 2. The molecule has 0 saturated heterocycles. The summed E-state index contributed by atoms with van der Waals surface area (Å²) in [7, 11) is 1.58. The molecule has 39 heavy (non-hydrogen) atoms. The van der Waals surface area contributed by atoms with Gasteiger partial charge in [-0.1, -0.05) is 36.0 Å². The molecule has 0 spiro atoms. The zero-order valence-corrected chi connectivity index (χ0v) is 23.2. The molecule has 204 valence electrons. The molecule has 3 aromatic rings. The van der Waals surface area contributed by atoms with Gasteiger partial charge in [-0.15, -0.1) is 0 Å². The normalized spacial score (nSPS) is 15.4. The summed E-state index contributed by atoms with van der Waals surface area (Å²) in [6, 6.07) is 14.3. The lowest BCUT2D eigenvalue weighted by Crippen LogP contribution is -2.51. The van der Waals surface area contributed by atoms with Gasteiger partial charge in [0.25, 0.3) is 0 Å². The Balaban J connectivity index is 1.63. The monoisotopic (exact) mass is 548 g/mol. The van der Waals surface area contributed by atoms with Crippen molar-refractivity contribution < 1.29 is 18.7 Å². The predicted octanol–water partition coefficient (Wildman–Crippen LogP) is 5.73. The van der Waals surface area contributed by atoms with Crippen molar-refractivity contribution in [3.63, 3.8) is 0 Å². The molecule has 2 atom stereocenters. The molecule has 7 nitrogen and oxygen atoms in total. The molecule has 1 heterocycles. The molecule has 0 aliphatic heterocycles. The Labute approximate surface area is 232 Å². The number of methoxy groups -OCH3 is 1. The Morgan fingerprint density at radius 1 is 1.08 bits per heavy atom. The van der Waals surface area contributed by atoms with E-state index in [1.54, 1.807) is 48.4 Å². The maximum Gasteiger partial charge on any atom is 0.247 e. The zero-order chi connectivity index (χ0) is 27.8. The van der Waals surface area contributed by atoms with E-state index >= 15 is 0 Å². The number of amides is 2. The third kappa shape index (κ3) is 7.89. The van der Waals surface area contributed by atoms with Crippen LogP contribution in [-0.4, -0.2) is 45.6 Å². The quantitative estimate of drug-likeness (QED) is 0.198. The summed E-state index contributed by atoms with van der Waals surface area (Å²) < 4.78 is 18.9. The van der Waals surface area contributed by atoms with Crippen molar-refractivity contribution in [1.29, 1.82) is 0 Å². The number of thioether (sulfide) groups is 1. The molecule has 0 fully saturated rings. The molecule has 0 bridgehead atoms. The van der Waals surface area contributed by atoms with Crippen LogP contribution in [0.1, 0.15) is 36.2 Å². The lowest BCUT2D eigenvalue weighted by Gasteiger charge is -2.37. The fourth-order valence-corrected chi connectivity index (χ4v) is 5.54. The van der Waals surface area contributed by atoms with E-state index in [9.17, 15) is 14.0 Å². The minimum Gasteiger partial charge on any atom is -0.497 e. The van der Waals surface area contributed by atoms with Gasteiger partial charge in [0, 0.05) is 23.6 Å². The molecule has 0 radical (unpaired) electrons. The number of hydrogen-bond donors (Lipinski definition) is 1. The molecule has 2 aromatic carbocycles. The van der Waals surface area contributed by atoms with Crippen molar-refractivity contribution in [2.75, 3.05) is 18.2 Å². The first-order valence-electron chi connectivity index (χ1n) is 12.9. The second-order valence-corrected chi connectivity index (χ2v) is 10.5. The van der Waals surface area contributed by atoms with Crippen LogP contribution in [0.25, 0.3) is 0 Å². The van der Waals surface area contributed by atoms with Crippen LogP contribution in [0, 0.1) is 25.6 Å². The number of nitrogens with one attached hydrogen (secondary N) is 1. The van der Waals surface area contributed by atoms with Crippen LogP contribution in [0.2, 0.25) is 0 Å². The average molecular weight is 549 g/mol. The SMILES string of the molecule is COc1ccc(NC(=O)[C@H]([C@@H]2CC=CCC2)N(Cc2ccc(F)cc2)C(=O)CSc2nc(C)cc(C)n2)cc1. The number of benzene rings is 2. The lowest BCUT2D eigenvalue weighted by atomic mass is 9.86. The van der Waals surface area contributed by atoms with Crippen LogP contribution in [0.4, 0.5) is 10.1 Å². The first-order valence-corrected chi connectivity index (χ1v) is 13.9. The van der Waals surface area contributed by atoms with E-state index in [1.165, 1.54) is 23.9 Å². The number of anilines is 1. The Kier molecular flexibility index (Phi) is 9.70. The molecular weight excluding hydrogens is 515 g/mol. The minimum atomic E-state index is -0.727. The van der Waals surface area contributed by atoms with E-state index < -0.39 is 6.04 Å². The van der Waals surface area contributed by atoms with Crippen LogP contribution < -0.4 is 10.1 Å². The van der Waals surface area contributed by atoms with E-state index in [0.717, 1.165) is 29.8 Å². The topological polar surface area (TPSA) is 84.4 Å². The molecule has 1 aromatic heterocycles. The molecule has 1 aliphatic rings. The van der Waals surface area contributed by atoms with Gasteiger partial charge >= 0.3 is 0 Å². The first kappa shape index (κ1) is 28.3. The summed E-state index contributed by atoms with van der Waals surface area (Å²) in [6.45, 7) is 3.95. The number of carbonyl (C=O) groups excluding carboxylic acids is 2. The highest BCUT2D eigenvalue weighted by molar-refractivity contribution is 7.99. The third-order valence-corrected chi connectivity index (χ3v) is 7.42. The Morgan fingerprint density at radius 2 is 1.77 bits per heavy atom. The highest BCUT2D eigenvalue weighted by Crippen LogP contribution is 2.29. The van der Waals surface area contributed by atoms with Crippen molar-refractivity contribution in [1.82, 2.24) is 14.9 Å². The molecule has 1 N–H and O–H groups in total. The largest absolute Gasteiger partial charge is 0.497 e. The van der Waals surface area contributed by atoms with E-state index in [4.69, 9.17) is 4.74 Å². The van der Waals surface area contributed by atoms with Crippen molar-refractivity contribution in [3.8, 4) is 5.75 Å². The Bertz CT molecular complexity index is 1290. The van der Waals surface area contributed by atoms with Gasteiger partial charge in [0.15, 0.2) is 5.16 Å². The van der Waals surface area contributed by atoms with Gasteiger partial charge in [-0.05, 0) is 87.1 Å². The van der Waals surface area contributed by atoms with Gasteiger partial charge in [-0.3, -0.25) is 9.59 Å². The van der Waals surface area contributed by atoms with Crippen LogP contribution in [0.3, 0.4) is 0 Å². The second-order valence-electron chi connectivity index (χ2n) is 9.58.